The van der Waals surface area contributed by atoms with Gasteiger partial charge in [-0.1, -0.05) is 41.6 Å². The Hall–Kier alpha value is -3.00. The highest BCUT2D eigenvalue weighted by molar-refractivity contribution is 7.99. The van der Waals surface area contributed by atoms with E-state index in [9.17, 15) is 9.18 Å². The van der Waals surface area contributed by atoms with Crippen LogP contribution in [0, 0.1) is 12.7 Å². The highest BCUT2D eigenvalue weighted by atomic mass is 32.2. The zero-order valence-electron chi connectivity index (χ0n) is 19.3. The Kier molecular flexibility index (Phi) is 6.76. The predicted molar refractivity (Wildman–Crippen MR) is 133 cm³/mol. The van der Waals surface area contributed by atoms with Crippen molar-refractivity contribution in [3.63, 3.8) is 0 Å². The summed E-state index contributed by atoms with van der Waals surface area (Å²) in [5, 5.41) is 10.4. The Balaban J connectivity index is 1.33. The van der Waals surface area contributed by atoms with Crippen molar-refractivity contribution in [3.05, 3.63) is 59.4 Å². The molecule has 1 saturated heterocycles. The van der Waals surface area contributed by atoms with Crippen molar-refractivity contribution in [3.8, 4) is 0 Å². The normalized spacial score (nSPS) is 13.9. The van der Waals surface area contributed by atoms with E-state index in [1.165, 1.54) is 6.07 Å². The van der Waals surface area contributed by atoms with Gasteiger partial charge in [-0.3, -0.25) is 4.79 Å². The number of rotatable bonds is 8. The molecule has 0 bridgehead atoms. The molecule has 0 aliphatic carbocycles. The molecule has 2 aromatic carbocycles. The van der Waals surface area contributed by atoms with Gasteiger partial charge in [0.25, 0.3) is 0 Å². The maximum Gasteiger partial charge on any atom is 0.222 e. The Morgan fingerprint density at radius 1 is 1.09 bits per heavy atom. The van der Waals surface area contributed by atoms with Crippen LogP contribution in [0.4, 0.5) is 4.39 Å². The molecule has 0 N–H and O–H groups in total. The molecule has 5 rings (SSSR count). The van der Waals surface area contributed by atoms with E-state index in [-0.39, 0.29) is 11.7 Å². The van der Waals surface area contributed by atoms with Crippen molar-refractivity contribution < 1.29 is 9.18 Å². The summed E-state index contributed by atoms with van der Waals surface area (Å²) in [5.41, 5.74) is 4.15. The SMILES string of the molecule is Cc1ccc2c(c1)c1nnc(SCCCCC(=O)N3CCCC3)nc1n2Cc1ccccc1F. The van der Waals surface area contributed by atoms with E-state index >= 15 is 0 Å². The molecule has 0 atom stereocenters. The van der Waals surface area contributed by atoms with Gasteiger partial charge >= 0.3 is 0 Å². The lowest BCUT2D eigenvalue weighted by Crippen LogP contribution is -2.27. The molecule has 0 saturated carbocycles. The second-order valence-corrected chi connectivity index (χ2v) is 9.92. The number of nitrogens with zero attached hydrogens (tertiary/aromatic N) is 5. The van der Waals surface area contributed by atoms with Gasteiger partial charge in [0.1, 0.15) is 11.3 Å². The minimum atomic E-state index is -0.232. The average Bonchev–Trinajstić information content (AvgIpc) is 3.47. The molecule has 0 radical (unpaired) electrons. The van der Waals surface area contributed by atoms with Crippen molar-refractivity contribution in [2.24, 2.45) is 0 Å². The number of unbranched alkanes of at least 4 members (excludes halogenated alkanes) is 1. The van der Waals surface area contributed by atoms with Crippen molar-refractivity contribution in [2.75, 3.05) is 18.8 Å². The van der Waals surface area contributed by atoms with Crippen LogP contribution in [0.3, 0.4) is 0 Å². The summed E-state index contributed by atoms with van der Waals surface area (Å²) in [6, 6.07) is 13.0. The van der Waals surface area contributed by atoms with Crippen molar-refractivity contribution >= 4 is 39.7 Å². The molecule has 176 valence electrons. The van der Waals surface area contributed by atoms with E-state index in [1.807, 2.05) is 34.6 Å². The Morgan fingerprint density at radius 2 is 1.91 bits per heavy atom. The van der Waals surface area contributed by atoms with E-state index < -0.39 is 0 Å². The van der Waals surface area contributed by atoms with Crippen molar-refractivity contribution in [1.29, 1.82) is 0 Å². The number of thioether (sulfide) groups is 1. The smallest absolute Gasteiger partial charge is 0.222 e. The quantitative estimate of drug-likeness (QED) is 0.253. The molecule has 2 aromatic heterocycles. The first-order valence-corrected chi connectivity index (χ1v) is 12.9. The van der Waals surface area contributed by atoms with E-state index in [2.05, 4.69) is 16.3 Å². The lowest BCUT2D eigenvalue weighted by molar-refractivity contribution is -0.130. The highest BCUT2D eigenvalue weighted by Crippen LogP contribution is 2.29. The number of likely N-dealkylation sites (tertiary alicyclic amines) is 1. The van der Waals surface area contributed by atoms with Gasteiger partial charge in [-0.25, -0.2) is 9.37 Å². The summed E-state index contributed by atoms with van der Waals surface area (Å²) in [6.07, 6.45) is 4.64. The predicted octanol–water partition coefficient (Wildman–Crippen LogP) is 5.36. The van der Waals surface area contributed by atoms with Gasteiger partial charge in [0.05, 0.1) is 12.1 Å². The van der Waals surface area contributed by atoms with Crippen LogP contribution in [0.15, 0.2) is 47.6 Å². The van der Waals surface area contributed by atoms with Crippen LogP contribution < -0.4 is 0 Å². The number of aryl methyl sites for hydroxylation is 1. The summed E-state index contributed by atoms with van der Waals surface area (Å²) < 4.78 is 16.5. The van der Waals surface area contributed by atoms with Crippen LogP contribution in [0.2, 0.25) is 0 Å². The van der Waals surface area contributed by atoms with Gasteiger partial charge in [0.15, 0.2) is 5.65 Å². The summed E-state index contributed by atoms with van der Waals surface area (Å²) >= 11 is 1.55. The number of carbonyl (C=O) groups is 1. The zero-order chi connectivity index (χ0) is 23.5. The highest BCUT2D eigenvalue weighted by Gasteiger charge is 2.18. The molecule has 4 aromatic rings. The summed E-state index contributed by atoms with van der Waals surface area (Å²) in [5.74, 6) is 0.868. The van der Waals surface area contributed by atoms with Gasteiger partial charge < -0.3 is 9.47 Å². The van der Waals surface area contributed by atoms with Gasteiger partial charge in [-0.2, -0.15) is 0 Å². The number of carbonyl (C=O) groups excluding carboxylic acids is 1. The third kappa shape index (κ3) is 4.78. The van der Waals surface area contributed by atoms with E-state index in [0.717, 1.165) is 66.5 Å². The summed E-state index contributed by atoms with van der Waals surface area (Å²) in [7, 11) is 0. The fraction of sp³-hybridized carbons (Fsp3) is 0.385. The monoisotopic (exact) mass is 477 g/mol. The summed E-state index contributed by atoms with van der Waals surface area (Å²) in [6.45, 7) is 4.23. The van der Waals surface area contributed by atoms with Gasteiger partial charge in [0.2, 0.25) is 11.1 Å². The number of aromatic nitrogens is 4. The maximum absolute atomic E-state index is 14.4. The maximum atomic E-state index is 14.4. The zero-order valence-corrected chi connectivity index (χ0v) is 20.2. The third-order valence-corrected chi connectivity index (χ3v) is 7.29. The molecule has 1 amide bonds. The van der Waals surface area contributed by atoms with Crippen molar-refractivity contribution in [1.82, 2.24) is 24.6 Å². The Morgan fingerprint density at radius 3 is 2.74 bits per heavy atom. The molecule has 0 spiro atoms. The van der Waals surface area contributed by atoms with Crippen LogP contribution in [0.25, 0.3) is 22.1 Å². The molecule has 1 aliphatic heterocycles. The van der Waals surface area contributed by atoms with Crippen LogP contribution >= 0.6 is 11.8 Å². The molecule has 0 unspecified atom stereocenters. The first-order valence-electron chi connectivity index (χ1n) is 11.9. The standard InChI is InChI=1S/C26H28FN5OS/c1-18-11-12-22-20(16-18)24-25(32(22)17-19-8-2-3-9-21(19)27)28-26(30-29-24)34-15-7-4-10-23(33)31-13-5-6-14-31/h2-3,8-9,11-12,16H,4-7,10,13-15,17H2,1H3. The Labute approximate surface area is 202 Å². The van der Waals surface area contributed by atoms with Crippen LogP contribution in [0.5, 0.6) is 0 Å². The van der Waals surface area contributed by atoms with E-state index in [0.29, 0.717) is 29.3 Å². The van der Waals surface area contributed by atoms with Crippen LogP contribution in [-0.4, -0.2) is 49.4 Å². The van der Waals surface area contributed by atoms with Gasteiger partial charge in [-0.15, -0.1) is 10.2 Å². The number of hydrogen-bond donors (Lipinski definition) is 0. The lowest BCUT2D eigenvalue weighted by atomic mass is 10.1. The molecule has 6 nitrogen and oxygen atoms in total. The minimum absolute atomic E-state index is 0.232. The topological polar surface area (TPSA) is 63.9 Å². The van der Waals surface area contributed by atoms with Crippen molar-refractivity contribution in [2.45, 2.75) is 50.7 Å². The molecule has 3 heterocycles. The fourth-order valence-electron chi connectivity index (χ4n) is 4.54. The van der Waals surface area contributed by atoms with Gasteiger partial charge in [-0.05, 0) is 50.8 Å². The molecule has 1 fully saturated rings. The number of halogens is 1. The van der Waals surface area contributed by atoms with Gasteiger partial charge in [0, 0.05) is 36.2 Å². The molecular formula is C26H28FN5OS. The van der Waals surface area contributed by atoms with Crippen LogP contribution in [0.1, 0.15) is 43.2 Å². The Bertz CT molecular complexity index is 1330. The number of hydrogen-bond acceptors (Lipinski definition) is 5. The fourth-order valence-corrected chi connectivity index (χ4v) is 5.32. The second-order valence-electron chi connectivity index (χ2n) is 8.86. The largest absolute Gasteiger partial charge is 0.343 e. The lowest BCUT2D eigenvalue weighted by Gasteiger charge is -2.14. The van der Waals surface area contributed by atoms with Crippen LogP contribution in [-0.2, 0) is 11.3 Å². The number of fused-ring (bicyclic) bond motifs is 3. The second kappa shape index (κ2) is 10.1. The molecule has 8 heteroatoms. The minimum Gasteiger partial charge on any atom is -0.343 e. The molecule has 1 aliphatic rings. The van der Waals surface area contributed by atoms with E-state index in [1.54, 1.807) is 23.9 Å². The third-order valence-electron chi connectivity index (χ3n) is 6.36. The average molecular weight is 478 g/mol. The first-order chi connectivity index (χ1) is 16.6. The van der Waals surface area contributed by atoms with E-state index in [4.69, 9.17) is 4.98 Å². The molecular weight excluding hydrogens is 449 g/mol. The number of benzene rings is 2. The summed E-state index contributed by atoms with van der Waals surface area (Å²) in [4.78, 5) is 19.0. The number of amides is 1. The first kappa shape index (κ1) is 22.8. The molecule has 34 heavy (non-hydrogen) atoms.